The lowest BCUT2D eigenvalue weighted by molar-refractivity contribution is 0.0562. The van der Waals surface area contributed by atoms with Gasteiger partial charge in [0.05, 0.1) is 0 Å². The Labute approximate surface area is 71.7 Å². The van der Waals surface area contributed by atoms with E-state index in [2.05, 4.69) is 22.3 Å². The Morgan fingerprint density at radius 3 is 2.92 bits per heavy atom. The monoisotopic (exact) mass is 170 g/mol. The van der Waals surface area contributed by atoms with Crippen LogP contribution in [0.1, 0.15) is 25.6 Å². The van der Waals surface area contributed by atoms with Crippen molar-refractivity contribution in [2.45, 2.75) is 33.4 Å². The summed E-state index contributed by atoms with van der Waals surface area (Å²) in [6, 6.07) is 0. The summed E-state index contributed by atoms with van der Waals surface area (Å²) in [5.41, 5.74) is 0. The number of ether oxygens (including phenoxy) is 1. The van der Waals surface area contributed by atoms with Gasteiger partial charge in [-0.2, -0.15) is 0 Å². The first-order valence-electron chi connectivity index (χ1n) is 4.15. The molecule has 1 aromatic heterocycles. The minimum Gasteiger partial charge on any atom is -0.357 e. The Morgan fingerprint density at radius 2 is 2.33 bits per heavy atom. The van der Waals surface area contributed by atoms with Crippen LogP contribution in [0, 0.1) is 6.92 Å². The van der Waals surface area contributed by atoms with E-state index in [9.17, 15) is 0 Å². The predicted octanol–water partition coefficient (Wildman–Crippen LogP) is 0.756. The average molecular weight is 170 g/mol. The van der Waals surface area contributed by atoms with Crippen LogP contribution in [0.2, 0.25) is 0 Å². The maximum Gasteiger partial charge on any atom is 0.171 e. The molecule has 1 rings (SSSR count). The molecule has 0 bridgehead atoms. The Bertz CT molecular complexity index is 223. The van der Waals surface area contributed by atoms with Crippen molar-refractivity contribution in [3.63, 3.8) is 0 Å². The number of rotatable bonds is 5. The van der Waals surface area contributed by atoms with Gasteiger partial charge in [0.15, 0.2) is 12.6 Å². The van der Waals surface area contributed by atoms with Crippen LogP contribution >= 0.6 is 0 Å². The number of aryl methyl sites for hydroxylation is 1. The fourth-order valence-corrected chi connectivity index (χ4v) is 0.771. The van der Waals surface area contributed by atoms with Crippen LogP contribution in [0.15, 0.2) is 0 Å². The van der Waals surface area contributed by atoms with Crippen LogP contribution in [0.25, 0.3) is 0 Å². The fraction of sp³-hybridized carbons (Fsp3) is 0.857. The number of aromatic nitrogens is 4. The molecule has 0 aliphatic carbocycles. The van der Waals surface area contributed by atoms with Crippen molar-refractivity contribution in [3.05, 3.63) is 5.82 Å². The Balaban J connectivity index is 2.15. The Morgan fingerprint density at radius 1 is 1.50 bits per heavy atom. The number of unbranched alkanes of at least 4 members (excludes halogenated alkanes) is 1. The van der Waals surface area contributed by atoms with Gasteiger partial charge in [-0.25, -0.2) is 0 Å². The van der Waals surface area contributed by atoms with Crippen molar-refractivity contribution in [3.8, 4) is 0 Å². The Hall–Kier alpha value is -0.970. The second-order valence-electron chi connectivity index (χ2n) is 2.60. The van der Waals surface area contributed by atoms with Gasteiger partial charge in [-0.1, -0.05) is 13.3 Å². The van der Waals surface area contributed by atoms with Crippen molar-refractivity contribution in [1.82, 2.24) is 20.2 Å². The van der Waals surface area contributed by atoms with Crippen LogP contribution in [0.4, 0.5) is 0 Å². The molecule has 5 nitrogen and oxygen atoms in total. The van der Waals surface area contributed by atoms with Gasteiger partial charge >= 0.3 is 0 Å². The average Bonchev–Trinajstić information content (AvgIpc) is 2.45. The molecule has 0 aromatic carbocycles. The summed E-state index contributed by atoms with van der Waals surface area (Å²) in [7, 11) is 0. The summed E-state index contributed by atoms with van der Waals surface area (Å²) in [6.07, 6.45) is 2.22. The van der Waals surface area contributed by atoms with Crippen molar-refractivity contribution in [2.75, 3.05) is 6.61 Å². The molecule has 12 heavy (non-hydrogen) atoms. The van der Waals surface area contributed by atoms with Crippen LogP contribution in [0.5, 0.6) is 0 Å². The van der Waals surface area contributed by atoms with E-state index in [1.54, 1.807) is 6.92 Å². The maximum atomic E-state index is 5.27. The maximum absolute atomic E-state index is 5.27. The molecule has 0 N–H and O–H groups in total. The topological polar surface area (TPSA) is 52.8 Å². The minimum atomic E-state index is 0.404. The zero-order chi connectivity index (χ0) is 8.81. The van der Waals surface area contributed by atoms with Crippen molar-refractivity contribution >= 4 is 0 Å². The highest BCUT2D eigenvalue weighted by atomic mass is 16.5. The second-order valence-corrected chi connectivity index (χ2v) is 2.60. The van der Waals surface area contributed by atoms with Crippen LogP contribution in [-0.4, -0.2) is 26.8 Å². The lowest BCUT2D eigenvalue weighted by Crippen LogP contribution is -2.07. The summed E-state index contributed by atoms with van der Waals surface area (Å²) >= 11 is 0. The third-order valence-corrected chi connectivity index (χ3v) is 1.40. The molecule has 0 aliphatic rings. The molecular weight excluding hydrogens is 156 g/mol. The molecule has 0 radical (unpaired) electrons. The number of nitrogens with zero attached hydrogens (tertiary/aromatic N) is 4. The van der Waals surface area contributed by atoms with Crippen LogP contribution < -0.4 is 0 Å². The number of tetrazole rings is 1. The summed E-state index contributed by atoms with van der Waals surface area (Å²) in [4.78, 5) is 1.45. The van der Waals surface area contributed by atoms with Gasteiger partial charge in [0.1, 0.15) is 0 Å². The van der Waals surface area contributed by atoms with E-state index in [4.69, 9.17) is 4.74 Å². The van der Waals surface area contributed by atoms with Crippen LogP contribution in [0.3, 0.4) is 0 Å². The molecule has 68 valence electrons. The molecule has 0 spiro atoms. The summed E-state index contributed by atoms with van der Waals surface area (Å²) in [5, 5.41) is 11.5. The predicted molar refractivity (Wildman–Crippen MR) is 43.4 cm³/mol. The zero-order valence-corrected chi connectivity index (χ0v) is 7.53. The molecule has 0 atom stereocenters. The number of hydrogen-bond acceptors (Lipinski definition) is 4. The summed E-state index contributed by atoms with van der Waals surface area (Å²) < 4.78 is 5.27. The van der Waals surface area contributed by atoms with Crippen molar-refractivity contribution < 1.29 is 4.74 Å². The first-order chi connectivity index (χ1) is 5.83. The molecular formula is C7H14N4O. The summed E-state index contributed by atoms with van der Waals surface area (Å²) in [5.74, 6) is 0.675. The van der Waals surface area contributed by atoms with Crippen molar-refractivity contribution in [2.24, 2.45) is 0 Å². The van der Waals surface area contributed by atoms with E-state index < -0.39 is 0 Å². The van der Waals surface area contributed by atoms with Gasteiger partial charge in [0, 0.05) is 6.61 Å². The van der Waals surface area contributed by atoms with E-state index in [0.717, 1.165) is 19.4 Å². The van der Waals surface area contributed by atoms with E-state index in [1.165, 1.54) is 4.80 Å². The molecule has 0 fully saturated rings. The molecule has 0 aliphatic heterocycles. The summed E-state index contributed by atoms with van der Waals surface area (Å²) in [6.45, 7) is 5.09. The van der Waals surface area contributed by atoms with E-state index >= 15 is 0 Å². The highest BCUT2D eigenvalue weighted by Gasteiger charge is 1.95. The number of hydrogen-bond donors (Lipinski definition) is 0. The molecule has 5 heteroatoms. The quantitative estimate of drug-likeness (QED) is 0.612. The highest BCUT2D eigenvalue weighted by Crippen LogP contribution is 1.89. The molecule has 1 aromatic rings. The molecule has 0 saturated carbocycles. The largest absolute Gasteiger partial charge is 0.357 e. The van der Waals surface area contributed by atoms with Gasteiger partial charge in [-0.3, -0.25) is 0 Å². The molecule has 0 amide bonds. The van der Waals surface area contributed by atoms with Gasteiger partial charge in [-0.15, -0.1) is 15.0 Å². The molecule has 0 unspecified atom stereocenters. The third-order valence-electron chi connectivity index (χ3n) is 1.40. The lowest BCUT2D eigenvalue weighted by atomic mass is 10.4. The van der Waals surface area contributed by atoms with Gasteiger partial charge in [0.25, 0.3) is 0 Å². The second kappa shape index (κ2) is 4.82. The standard InChI is InChI=1S/C7H14N4O/c1-3-4-5-12-6-11-9-7(2)8-10-11/h3-6H2,1-2H3. The van der Waals surface area contributed by atoms with E-state index in [-0.39, 0.29) is 0 Å². The van der Waals surface area contributed by atoms with Crippen molar-refractivity contribution in [1.29, 1.82) is 0 Å². The SMILES string of the molecule is CCCCOCn1nnc(C)n1. The smallest absolute Gasteiger partial charge is 0.171 e. The zero-order valence-electron chi connectivity index (χ0n) is 7.53. The van der Waals surface area contributed by atoms with Gasteiger partial charge in [0.2, 0.25) is 0 Å². The highest BCUT2D eigenvalue weighted by molar-refractivity contribution is 4.65. The van der Waals surface area contributed by atoms with Crippen LogP contribution in [-0.2, 0) is 11.5 Å². The normalized spacial score (nSPS) is 10.5. The molecule has 1 heterocycles. The van der Waals surface area contributed by atoms with Gasteiger partial charge in [-0.05, 0) is 18.6 Å². The Kier molecular flexibility index (Phi) is 3.66. The van der Waals surface area contributed by atoms with E-state index in [0.29, 0.717) is 12.6 Å². The molecule has 0 saturated heterocycles. The third kappa shape index (κ3) is 2.96. The minimum absolute atomic E-state index is 0.404. The fourth-order valence-electron chi connectivity index (χ4n) is 0.771. The van der Waals surface area contributed by atoms with E-state index in [1.807, 2.05) is 0 Å². The first-order valence-corrected chi connectivity index (χ1v) is 4.15. The lowest BCUT2D eigenvalue weighted by Gasteiger charge is -1.99. The first kappa shape index (κ1) is 9.12. The van der Waals surface area contributed by atoms with Gasteiger partial charge < -0.3 is 4.74 Å².